The molecule has 0 heterocycles. The molecule has 0 radical (unpaired) electrons. The van der Waals surface area contributed by atoms with Crippen molar-refractivity contribution in [2.75, 3.05) is 5.75 Å². The molecule has 0 aliphatic rings. The van der Waals surface area contributed by atoms with Gasteiger partial charge in [-0.25, -0.2) is 0 Å². The van der Waals surface area contributed by atoms with Crippen molar-refractivity contribution < 1.29 is 9.90 Å². The lowest BCUT2D eigenvalue weighted by molar-refractivity contribution is -0.139. The molecule has 0 rings (SSSR count). The molecule has 0 fully saturated rings. The molecule has 0 aromatic carbocycles. The standard InChI is InChI=1S/C9H15NO2S/c1-4-5-6-13-9(2,3)7(10)8(11)12/h1,7H,5-6,10H2,2-3H3,(H,11,12)/t7-/m1/s1. The minimum atomic E-state index is -0.974. The van der Waals surface area contributed by atoms with Crippen LogP contribution in [0.1, 0.15) is 20.3 Å². The van der Waals surface area contributed by atoms with E-state index >= 15 is 0 Å². The summed E-state index contributed by atoms with van der Waals surface area (Å²) in [5.41, 5.74) is 5.50. The Labute approximate surface area is 83.1 Å². The Hall–Kier alpha value is -0.660. The van der Waals surface area contributed by atoms with E-state index < -0.39 is 16.8 Å². The van der Waals surface area contributed by atoms with E-state index in [1.54, 1.807) is 0 Å². The highest BCUT2D eigenvalue weighted by Crippen LogP contribution is 2.27. The molecule has 4 heteroatoms. The van der Waals surface area contributed by atoms with Crippen LogP contribution in [0.3, 0.4) is 0 Å². The average molecular weight is 201 g/mol. The number of thioether (sulfide) groups is 1. The second kappa shape index (κ2) is 5.15. The molecule has 0 unspecified atom stereocenters. The van der Waals surface area contributed by atoms with Crippen LogP contribution in [-0.4, -0.2) is 27.6 Å². The Morgan fingerprint density at radius 1 is 1.77 bits per heavy atom. The molecule has 0 saturated heterocycles. The van der Waals surface area contributed by atoms with Crippen molar-refractivity contribution in [3.63, 3.8) is 0 Å². The van der Waals surface area contributed by atoms with Gasteiger partial charge in [-0.2, -0.15) is 11.8 Å². The first-order valence-corrected chi connectivity index (χ1v) is 4.96. The number of nitrogens with two attached hydrogens (primary N) is 1. The molecule has 1 atom stereocenters. The van der Waals surface area contributed by atoms with Gasteiger partial charge in [0.25, 0.3) is 0 Å². The van der Waals surface area contributed by atoms with Gasteiger partial charge in [-0.05, 0) is 13.8 Å². The van der Waals surface area contributed by atoms with Crippen LogP contribution < -0.4 is 5.73 Å². The van der Waals surface area contributed by atoms with Crippen molar-refractivity contribution in [1.82, 2.24) is 0 Å². The second-order valence-electron chi connectivity index (χ2n) is 3.22. The third-order valence-electron chi connectivity index (χ3n) is 1.74. The van der Waals surface area contributed by atoms with Crippen LogP contribution in [0.25, 0.3) is 0 Å². The van der Waals surface area contributed by atoms with Gasteiger partial charge in [0, 0.05) is 16.9 Å². The van der Waals surface area contributed by atoms with Gasteiger partial charge in [0.05, 0.1) is 0 Å². The summed E-state index contributed by atoms with van der Waals surface area (Å²) in [4.78, 5) is 10.6. The lowest BCUT2D eigenvalue weighted by Gasteiger charge is -2.27. The van der Waals surface area contributed by atoms with Crippen LogP contribution in [0.2, 0.25) is 0 Å². The topological polar surface area (TPSA) is 63.3 Å². The van der Waals surface area contributed by atoms with Crippen molar-refractivity contribution in [3.05, 3.63) is 0 Å². The summed E-state index contributed by atoms with van der Waals surface area (Å²) >= 11 is 1.49. The summed E-state index contributed by atoms with van der Waals surface area (Å²) in [6.07, 6.45) is 5.72. The first kappa shape index (κ1) is 12.3. The smallest absolute Gasteiger partial charge is 0.321 e. The SMILES string of the molecule is C#CCCSC(C)(C)[C@H](N)C(=O)O. The first-order valence-electron chi connectivity index (χ1n) is 3.97. The van der Waals surface area contributed by atoms with E-state index in [0.717, 1.165) is 5.75 Å². The van der Waals surface area contributed by atoms with Crippen LogP contribution in [0.4, 0.5) is 0 Å². The highest BCUT2D eigenvalue weighted by molar-refractivity contribution is 8.00. The Morgan fingerprint density at radius 3 is 2.69 bits per heavy atom. The molecule has 0 spiro atoms. The third-order valence-corrected chi connectivity index (χ3v) is 3.14. The van der Waals surface area contributed by atoms with E-state index in [-0.39, 0.29) is 0 Å². The molecule has 0 saturated carbocycles. The van der Waals surface area contributed by atoms with Crippen LogP contribution in [-0.2, 0) is 4.79 Å². The zero-order valence-corrected chi connectivity index (χ0v) is 8.73. The number of rotatable bonds is 5. The van der Waals surface area contributed by atoms with Gasteiger partial charge in [-0.15, -0.1) is 12.3 Å². The summed E-state index contributed by atoms with van der Waals surface area (Å²) in [5.74, 6) is 2.27. The Morgan fingerprint density at radius 2 is 2.31 bits per heavy atom. The number of aliphatic carboxylic acids is 1. The van der Waals surface area contributed by atoms with Gasteiger partial charge in [0.2, 0.25) is 0 Å². The van der Waals surface area contributed by atoms with Crippen molar-refractivity contribution in [3.8, 4) is 12.3 Å². The maximum atomic E-state index is 10.6. The molecular formula is C9H15NO2S. The zero-order valence-electron chi connectivity index (χ0n) is 7.91. The molecule has 0 aliphatic carbocycles. The maximum absolute atomic E-state index is 10.6. The maximum Gasteiger partial charge on any atom is 0.321 e. The van der Waals surface area contributed by atoms with E-state index in [0.29, 0.717) is 6.42 Å². The van der Waals surface area contributed by atoms with Gasteiger partial charge >= 0.3 is 5.97 Å². The van der Waals surface area contributed by atoms with Crippen LogP contribution >= 0.6 is 11.8 Å². The minimum Gasteiger partial charge on any atom is -0.480 e. The molecule has 3 nitrogen and oxygen atoms in total. The zero-order chi connectivity index (χ0) is 10.5. The summed E-state index contributed by atoms with van der Waals surface area (Å²) in [7, 11) is 0. The molecule has 3 N–H and O–H groups in total. The van der Waals surface area contributed by atoms with Crippen LogP contribution in [0.15, 0.2) is 0 Å². The number of hydrogen-bond acceptors (Lipinski definition) is 3. The van der Waals surface area contributed by atoms with Gasteiger partial charge in [0.1, 0.15) is 6.04 Å². The third kappa shape index (κ3) is 4.20. The molecular weight excluding hydrogens is 186 g/mol. The fourth-order valence-electron chi connectivity index (χ4n) is 0.760. The van der Waals surface area contributed by atoms with Crippen LogP contribution in [0.5, 0.6) is 0 Å². The van der Waals surface area contributed by atoms with Crippen LogP contribution in [0, 0.1) is 12.3 Å². The Balaban J connectivity index is 4.07. The monoisotopic (exact) mass is 201 g/mol. The predicted octanol–water partition coefficient (Wildman–Crippen LogP) is 0.933. The van der Waals surface area contributed by atoms with E-state index in [1.165, 1.54) is 11.8 Å². The van der Waals surface area contributed by atoms with E-state index in [2.05, 4.69) is 5.92 Å². The highest BCUT2D eigenvalue weighted by atomic mass is 32.2. The summed E-state index contributed by atoms with van der Waals surface area (Å²) in [5, 5.41) is 8.70. The second-order valence-corrected chi connectivity index (χ2v) is 4.97. The summed E-state index contributed by atoms with van der Waals surface area (Å²) in [6.45, 7) is 3.62. The molecule has 0 amide bonds. The molecule has 0 aromatic heterocycles. The fourth-order valence-corrected chi connectivity index (χ4v) is 1.79. The number of carboxylic acid groups (broad SMARTS) is 1. The van der Waals surface area contributed by atoms with E-state index in [9.17, 15) is 4.79 Å². The lowest BCUT2D eigenvalue weighted by atomic mass is 10.1. The Bertz CT molecular complexity index is 220. The number of carbonyl (C=O) groups is 1. The summed E-state index contributed by atoms with van der Waals surface area (Å²) in [6, 6.07) is -0.852. The Kier molecular flexibility index (Phi) is 4.89. The van der Waals surface area contributed by atoms with Gasteiger partial charge in [-0.1, -0.05) is 0 Å². The number of hydrogen-bond donors (Lipinski definition) is 2. The predicted molar refractivity (Wildman–Crippen MR) is 55.6 cm³/mol. The highest BCUT2D eigenvalue weighted by Gasteiger charge is 2.31. The summed E-state index contributed by atoms with van der Waals surface area (Å²) < 4.78 is -0.470. The normalized spacial score (nSPS) is 13.4. The van der Waals surface area contributed by atoms with Gasteiger partial charge in [-0.3, -0.25) is 4.79 Å². The van der Waals surface area contributed by atoms with Crippen molar-refractivity contribution in [2.24, 2.45) is 5.73 Å². The first-order chi connectivity index (χ1) is 5.91. The lowest BCUT2D eigenvalue weighted by Crippen LogP contribution is -2.46. The molecule has 74 valence electrons. The van der Waals surface area contributed by atoms with Gasteiger partial charge in [0.15, 0.2) is 0 Å². The van der Waals surface area contributed by atoms with Crippen molar-refractivity contribution in [1.29, 1.82) is 0 Å². The van der Waals surface area contributed by atoms with E-state index in [4.69, 9.17) is 17.3 Å². The van der Waals surface area contributed by atoms with Gasteiger partial charge < -0.3 is 10.8 Å². The molecule has 13 heavy (non-hydrogen) atoms. The van der Waals surface area contributed by atoms with Crippen molar-refractivity contribution in [2.45, 2.75) is 31.1 Å². The van der Waals surface area contributed by atoms with Crippen molar-refractivity contribution >= 4 is 17.7 Å². The molecule has 0 aromatic rings. The number of terminal acetylenes is 1. The average Bonchev–Trinajstić information content (AvgIpc) is 2.03. The largest absolute Gasteiger partial charge is 0.480 e. The molecule has 0 bridgehead atoms. The van der Waals surface area contributed by atoms with E-state index in [1.807, 2.05) is 13.8 Å². The minimum absolute atomic E-state index is 0.470. The molecule has 0 aliphatic heterocycles. The quantitative estimate of drug-likeness (QED) is 0.513. The number of carboxylic acids is 1. The fraction of sp³-hybridized carbons (Fsp3) is 0.667.